The number of likely N-dealkylation sites (tertiary alicyclic amines) is 1. The molecule has 0 saturated carbocycles. The molecule has 2 aliphatic heterocycles. The smallest absolute Gasteiger partial charge is 0.258 e. The van der Waals surface area contributed by atoms with Gasteiger partial charge in [0.15, 0.2) is 0 Å². The Bertz CT molecular complexity index is 908. The van der Waals surface area contributed by atoms with E-state index in [4.69, 9.17) is 4.74 Å². The van der Waals surface area contributed by atoms with Crippen LogP contribution in [-0.4, -0.2) is 60.4 Å². The van der Waals surface area contributed by atoms with E-state index < -0.39 is 5.60 Å². The minimum Gasteiger partial charge on any atom is -0.484 e. The fourth-order valence-electron chi connectivity index (χ4n) is 3.91. The zero-order valence-electron chi connectivity index (χ0n) is 16.4. The van der Waals surface area contributed by atoms with Gasteiger partial charge in [-0.25, -0.2) is 4.39 Å². The van der Waals surface area contributed by atoms with Crippen LogP contribution in [0, 0.1) is 5.82 Å². The maximum atomic E-state index is 13.2. The summed E-state index contributed by atoms with van der Waals surface area (Å²) in [4.78, 5) is 29.6. The van der Waals surface area contributed by atoms with Crippen molar-refractivity contribution in [2.24, 2.45) is 0 Å². The van der Waals surface area contributed by atoms with E-state index >= 15 is 0 Å². The summed E-state index contributed by atoms with van der Waals surface area (Å²) in [6.45, 7) is 1.99. The number of para-hydroxylation sites is 1. The van der Waals surface area contributed by atoms with Gasteiger partial charge in [0.1, 0.15) is 23.7 Å². The van der Waals surface area contributed by atoms with Crippen LogP contribution in [0.3, 0.4) is 0 Å². The number of carbonyl (C=O) groups excluding carboxylic acids is 2. The third kappa shape index (κ3) is 4.24. The first-order chi connectivity index (χ1) is 13.9. The quantitative estimate of drug-likeness (QED) is 0.865. The SMILES string of the molecule is CN1CCC2(CC1)CN(CC(=O)Nc1ccc(F)cc1)C(=O)c1ccccc1O2. The highest BCUT2D eigenvalue weighted by molar-refractivity contribution is 6.01. The van der Waals surface area contributed by atoms with Gasteiger partial charge in [-0.1, -0.05) is 12.1 Å². The molecule has 0 bridgehead atoms. The van der Waals surface area contributed by atoms with Crippen LogP contribution in [0.1, 0.15) is 23.2 Å². The molecule has 0 aromatic heterocycles. The van der Waals surface area contributed by atoms with E-state index in [1.807, 2.05) is 12.1 Å². The van der Waals surface area contributed by atoms with Gasteiger partial charge in [-0.15, -0.1) is 0 Å². The van der Waals surface area contributed by atoms with Crippen LogP contribution in [-0.2, 0) is 4.79 Å². The largest absolute Gasteiger partial charge is 0.484 e. The Morgan fingerprint density at radius 2 is 1.83 bits per heavy atom. The summed E-state index contributed by atoms with van der Waals surface area (Å²) in [7, 11) is 2.07. The maximum absolute atomic E-state index is 13.2. The van der Waals surface area contributed by atoms with Gasteiger partial charge in [0, 0.05) is 31.6 Å². The molecule has 0 aliphatic carbocycles. The standard InChI is InChI=1S/C22H24FN3O3/c1-25-12-10-22(11-13-25)15-26(21(28)18-4-2-3-5-19(18)29-22)14-20(27)24-17-8-6-16(23)7-9-17/h2-9H,10-15H2,1H3,(H,24,27). The molecule has 4 rings (SSSR count). The second-order valence-corrected chi connectivity index (χ2v) is 7.80. The van der Waals surface area contributed by atoms with E-state index in [0.717, 1.165) is 25.9 Å². The molecule has 2 amide bonds. The molecule has 2 aromatic carbocycles. The lowest BCUT2D eigenvalue weighted by Crippen LogP contribution is -2.54. The number of ether oxygens (including phenoxy) is 1. The number of halogens is 1. The van der Waals surface area contributed by atoms with Crippen molar-refractivity contribution >= 4 is 17.5 Å². The molecule has 7 heteroatoms. The summed E-state index contributed by atoms with van der Waals surface area (Å²) in [6.07, 6.45) is 1.56. The Kier molecular flexibility index (Phi) is 5.24. The number of nitrogens with zero attached hydrogens (tertiary/aromatic N) is 2. The Morgan fingerprint density at radius 1 is 1.14 bits per heavy atom. The second-order valence-electron chi connectivity index (χ2n) is 7.80. The van der Waals surface area contributed by atoms with E-state index in [0.29, 0.717) is 23.5 Å². The Balaban J connectivity index is 1.56. The fraction of sp³-hybridized carbons (Fsp3) is 0.364. The lowest BCUT2D eigenvalue weighted by Gasteiger charge is -2.41. The van der Waals surface area contributed by atoms with Crippen molar-refractivity contribution in [2.75, 3.05) is 38.5 Å². The molecule has 6 nitrogen and oxygen atoms in total. The molecule has 1 saturated heterocycles. The van der Waals surface area contributed by atoms with Crippen molar-refractivity contribution in [3.63, 3.8) is 0 Å². The molecule has 1 N–H and O–H groups in total. The number of rotatable bonds is 3. The summed E-state index contributed by atoms with van der Waals surface area (Å²) < 4.78 is 19.5. The molecule has 152 valence electrons. The number of hydrogen-bond donors (Lipinski definition) is 1. The molecule has 2 aliphatic rings. The van der Waals surface area contributed by atoms with Crippen molar-refractivity contribution in [2.45, 2.75) is 18.4 Å². The predicted molar refractivity (Wildman–Crippen MR) is 107 cm³/mol. The summed E-state index contributed by atoms with van der Waals surface area (Å²) in [5.41, 5.74) is 0.451. The third-order valence-corrected chi connectivity index (χ3v) is 5.57. The van der Waals surface area contributed by atoms with Gasteiger partial charge in [-0.3, -0.25) is 9.59 Å². The lowest BCUT2D eigenvalue weighted by atomic mass is 9.90. The Labute approximate surface area is 169 Å². The van der Waals surface area contributed by atoms with Gasteiger partial charge < -0.3 is 19.9 Å². The van der Waals surface area contributed by atoms with Gasteiger partial charge in [0.2, 0.25) is 5.91 Å². The molecular weight excluding hydrogens is 373 g/mol. The minimum atomic E-state index is -0.509. The Hall–Kier alpha value is -2.93. The molecule has 0 atom stereocenters. The second kappa shape index (κ2) is 7.83. The molecule has 29 heavy (non-hydrogen) atoms. The van der Waals surface area contributed by atoms with Crippen LogP contribution >= 0.6 is 0 Å². The first-order valence-corrected chi connectivity index (χ1v) is 9.75. The van der Waals surface area contributed by atoms with Gasteiger partial charge in [-0.05, 0) is 43.4 Å². The molecule has 0 radical (unpaired) electrons. The van der Waals surface area contributed by atoms with Crippen LogP contribution in [0.4, 0.5) is 10.1 Å². The summed E-state index contributed by atoms with van der Waals surface area (Å²) in [6, 6.07) is 12.7. The molecule has 1 fully saturated rings. The van der Waals surface area contributed by atoms with Crippen molar-refractivity contribution in [1.82, 2.24) is 9.80 Å². The van der Waals surface area contributed by atoms with Crippen LogP contribution in [0.5, 0.6) is 5.75 Å². The average Bonchev–Trinajstić information content (AvgIpc) is 2.82. The highest BCUT2D eigenvalue weighted by Gasteiger charge is 2.42. The number of hydrogen-bond acceptors (Lipinski definition) is 4. The average molecular weight is 397 g/mol. The monoisotopic (exact) mass is 397 g/mol. The fourth-order valence-corrected chi connectivity index (χ4v) is 3.91. The topological polar surface area (TPSA) is 61.9 Å². The summed E-state index contributed by atoms with van der Waals surface area (Å²) in [5.74, 6) is -0.342. The lowest BCUT2D eigenvalue weighted by molar-refractivity contribution is -0.117. The molecular formula is C22H24FN3O3. The van der Waals surface area contributed by atoms with E-state index in [2.05, 4.69) is 17.3 Å². The molecule has 1 spiro atoms. The maximum Gasteiger partial charge on any atom is 0.258 e. The van der Waals surface area contributed by atoms with Crippen molar-refractivity contribution in [3.8, 4) is 5.75 Å². The van der Waals surface area contributed by atoms with E-state index in [9.17, 15) is 14.0 Å². The summed E-state index contributed by atoms with van der Waals surface area (Å²) in [5, 5.41) is 2.73. The van der Waals surface area contributed by atoms with Gasteiger partial charge in [-0.2, -0.15) is 0 Å². The highest BCUT2D eigenvalue weighted by Crippen LogP contribution is 2.35. The van der Waals surface area contributed by atoms with Crippen LogP contribution in [0.25, 0.3) is 0 Å². The number of anilines is 1. The minimum absolute atomic E-state index is 0.0918. The van der Waals surface area contributed by atoms with E-state index in [1.165, 1.54) is 24.3 Å². The number of carbonyl (C=O) groups is 2. The van der Waals surface area contributed by atoms with Crippen LogP contribution in [0.2, 0.25) is 0 Å². The molecule has 2 heterocycles. The van der Waals surface area contributed by atoms with Gasteiger partial charge >= 0.3 is 0 Å². The van der Waals surface area contributed by atoms with E-state index in [1.54, 1.807) is 17.0 Å². The van der Waals surface area contributed by atoms with Gasteiger partial charge in [0.05, 0.1) is 12.1 Å². The Morgan fingerprint density at radius 3 is 2.55 bits per heavy atom. The molecule has 0 unspecified atom stereocenters. The first-order valence-electron chi connectivity index (χ1n) is 9.75. The predicted octanol–water partition coefficient (Wildman–Crippen LogP) is 2.76. The number of piperidine rings is 1. The first kappa shape index (κ1) is 19.4. The van der Waals surface area contributed by atoms with E-state index in [-0.39, 0.29) is 24.2 Å². The molecule has 2 aromatic rings. The third-order valence-electron chi connectivity index (χ3n) is 5.57. The zero-order chi connectivity index (χ0) is 20.4. The number of amides is 2. The summed E-state index contributed by atoms with van der Waals surface area (Å²) >= 11 is 0. The normalized spacial score (nSPS) is 18.7. The van der Waals surface area contributed by atoms with Crippen molar-refractivity contribution in [3.05, 3.63) is 59.9 Å². The highest BCUT2D eigenvalue weighted by atomic mass is 19.1. The van der Waals surface area contributed by atoms with Gasteiger partial charge in [0.25, 0.3) is 5.91 Å². The number of fused-ring (bicyclic) bond motifs is 1. The van der Waals surface area contributed by atoms with Crippen molar-refractivity contribution < 1.29 is 18.7 Å². The van der Waals surface area contributed by atoms with Crippen LogP contribution in [0.15, 0.2) is 48.5 Å². The zero-order valence-corrected chi connectivity index (χ0v) is 16.4. The number of benzene rings is 2. The van der Waals surface area contributed by atoms with Crippen LogP contribution < -0.4 is 10.1 Å². The number of nitrogens with one attached hydrogen (secondary N) is 1. The van der Waals surface area contributed by atoms with Crippen molar-refractivity contribution in [1.29, 1.82) is 0 Å².